The van der Waals surface area contributed by atoms with Gasteiger partial charge in [-0.05, 0) is 55.3 Å². The van der Waals surface area contributed by atoms with Crippen molar-refractivity contribution in [2.75, 3.05) is 6.54 Å². The molecule has 6 atom stereocenters. The van der Waals surface area contributed by atoms with Gasteiger partial charge in [0.05, 0.1) is 0 Å². The van der Waals surface area contributed by atoms with Crippen LogP contribution in [0.3, 0.4) is 0 Å². The lowest BCUT2D eigenvalue weighted by Gasteiger charge is -2.57. The Morgan fingerprint density at radius 2 is 2.00 bits per heavy atom. The SMILES string of the molecule is C[C@]12CCC3C(CNC4=CC(=O)CC[C@@]43C)C1CCC2C=O. The van der Waals surface area contributed by atoms with Crippen molar-refractivity contribution >= 4 is 12.1 Å². The Kier molecular flexibility index (Phi) is 3.08. The third kappa shape index (κ3) is 1.74. The van der Waals surface area contributed by atoms with Crippen LogP contribution in [0.4, 0.5) is 0 Å². The lowest BCUT2D eigenvalue weighted by atomic mass is 9.50. The summed E-state index contributed by atoms with van der Waals surface area (Å²) in [5.41, 5.74) is 1.56. The van der Waals surface area contributed by atoms with Crippen LogP contribution in [0, 0.1) is 34.5 Å². The molecule has 1 heterocycles. The molecule has 1 saturated heterocycles. The van der Waals surface area contributed by atoms with Crippen molar-refractivity contribution in [1.82, 2.24) is 5.32 Å². The van der Waals surface area contributed by atoms with E-state index in [4.69, 9.17) is 0 Å². The molecule has 0 aromatic heterocycles. The van der Waals surface area contributed by atoms with Gasteiger partial charge in [0.15, 0.2) is 5.78 Å². The molecule has 2 saturated carbocycles. The third-order valence-electron chi connectivity index (χ3n) is 7.83. The fourth-order valence-corrected chi connectivity index (χ4v) is 6.41. The van der Waals surface area contributed by atoms with E-state index in [9.17, 15) is 9.59 Å². The summed E-state index contributed by atoms with van der Waals surface area (Å²) < 4.78 is 0. The minimum Gasteiger partial charge on any atom is -0.387 e. The molecule has 0 spiro atoms. The summed E-state index contributed by atoms with van der Waals surface area (Å²) >= 11 is 0. The zero-order valence-electron chi connectivity index (χ0n) is 13.7. The maximum Gasteiger partial charge on any atom is 0.157 e. The topological polar surface area (TPSA) is 46.2 Å². The molecule has 4 unspecified atom stereocenters. The molecule has 1 aliphatic heterocycles. The van der Waals surface area contributed by atoms with Gasteiger partial charge in [0, 0.05) is 36.1 Å². The van der Waals surface area contributed by atoms with Crippen molar-refractivity contribution in [3.8, 4) is 0 Å². The highest BCUT2D eigenvalue weighted by atomic mass is 16.1. The maximum absolute atomic E-state index is 11.8. The predicted octanol–water partition coefficient (Wildman–Crippen LogP) is 3.10. The summed E-state index contributed by atoms with van der Waals surface area (Å²) in [6.45, 7) is 5.72. The van der Waals surface area contributed by atoms with E-state index in [-0.39, 0.29) is 22.5 Å². The first-order valence-corrected chi connectivity index (χ1v) is 8.93. The largest absolute Gasteiger partial charge is 0.387 e. The number of hydrogen-bond acceptors (Lipinski definition) is 3. The lowest BCUT2D eigenvalue weighted by molar-refractivity contribution is -0.120. The second-order valence-corrected chi connectivity index (χ2v) is 8.56. The summed E-state index contributed by atoms with van der Waals surface area (Å²) in [7, 11) is 0. The van der Waals surface area contributed by atoms with Gasteiger partial charge in [0.2, 0.25) is 0 Å². The summed E-state index contributed by atoms with van der Waals surface area (Å²) in [5.74, 6) is 2.55. The number of carbonyl (C=O) groups is 2. The second-order valence-electron chi connectivity index (χ2n) is 8.56. The van der Waals surface area contributed by atoms with Gasteiger partial charge in [-0.2, -0.15) is 0 Å². The number of rotatable bonds is 1. The van der Waals surface area contributed by atoms with Crippen LogP contribution < -0.4 is 5.32 Å². The molecule has 0 aromatic carbocycles. The van der Waals surface area contributed by atoms with Crippen molar-refractivity contribution in [3.05, 3.63) is 11.8 Å². The minimum atomic E-state index is 0.150. The highest BCUT2D eigenvalue weighted by molar-refractivity contribution is 5.91. The fraction of sp³-hybridized carbons (Fsp3) is 0.789. The van der Waals surface area contributed by atoms with Gasteiger partial charge in [-0.3, -0.25) is 4.79 Å². The standard InChI is InChI=1S/C19H27NO2/c1-18-8-6-16-14(15(18)4-3-12(18)11-21)10-20-17-9-13(22)5-7-19(16,17)2/h9,11-12,14-16,20H,3-8,10H2,1-2H3/t12?,14?,15?,16?,18-,19-/m1/s1. The van der Waals surface area contributed by atoms with Crippen molar-refractivity contribution in [3.63, 3.8) is 0 Å². The number of aldehydes is 1. The molecule has 3 aliphatic carbocycles. The fourth-order valence-electron chi connectivity index (χ4n) is 6.41. The van der Waals surface area contributed by atoms with E-state index in [1.165, 1.54) is 31.2 Å². The van der Waals surface area contributed by atoms with E-state index in [1.807, 2.05) is 6.08 Å². The summed E-state index contributed by atoms with van der Waals surface area (Å²) in [6.07, 6.45) is 9.46. The van der Waals surface area contributed by atoms with E-state index in [0.29, 0.717) is 24.2 Å². The number of ketones is 1. The van der Waals surface area contributed by atoms with E-state index in [0.717, 1.165) is 19.4 Å². The van der Waals surface area contributed by atoms with E-state index < -0.39 is 0 Å². The van der Waals surface area contributed by atoms with E-state index >= 15 is 0 Å². The molecule has 0 aromatic rings. The molecule has 0 amide bonds. The number of piperidine rings is 1. The monoisotopic (exact) mass is 301 g/mol. The molecule has 120 valence electrons. The van der Waals surface area contributed by atoms with Crippen molar-refractivity contribution in [1.29, 1.82) is 0 Å². The van der Waals surface area contributed by atoms with Gasteiger partial charge in [0.1, 0.15) is 6.29 Å². The smallest absolute Gasteiger partial charge is 0.157 e. The van der Waals surface area contributed by atoms with Crippen LogP contribution in [0.1, 0.15) is 52.4 Å². The normalized spacial score (nSPS) is 50.3. The van der Waals surface area contributed by atoms with Crippen LogP contribution in [0.2, 0.25) is 0 Å². The Labute approximate surface area is 132 Å². The van der Waals surface area contributed by atoms with E-state index in [2.05, 4.69) is 19.2 Å². The number of allylic oxidation sites excluding steroid dienone is 2. The van der Waals surface area contributed by atoms with Gasteiger partial charge in [0.25, 0.3) is 0 Å². The first-order valence-electron chi connectivity index (χ1n) is 8.93. The first kappa shape index (κ1) is 14.5. The van der Waals surface area contributed by atoms with Gasteiger partial charge < -0.3 is 10.1 Å². The first-order chi connectivity index (χ1) is 10.5. The Hall–Kier alpha value is -1.12. The molecule has 3 heteroatoms. The molecular formula is C19H27NO2. The summed E-state index contributed by atoms with van der Waals surface area (Å²) in [4.78, 5) is 23.3. The van der Waals surface area contributed by atoms with Gasteiger partial charge >= 0.3 is 0 Å². The number of nitrogens with one attached hydrogen (secondary N) is 1. The van der Waals surface area contributed by atoms with Crippen LogP contribution in [-0.4, -0.2) is 18.6 Å². The Balaban J connectivity index is 1.68. The molecule has 3 nitrogen and oxygen atoms in total. The van der Waals surface area contributed by atoms with Gasteiger partial charge in [-0.1, -0.05) is 13.8 Å². The predicted molar refractivity (Wildman–Crippen MR) is 85.0 cm³/mol. The Bertz CT molecular complexity index is 554. The molecule has 1 N–H and O–H groups in total. The lowest BCUT2D eigenvalue weighted by Crippen LogP contribution is -2.56. The molecule has 4 aliphatic rings. The van der Waals surface area contributed by atoms with Crippen molar-refractivity contribution in [2.24, 2.45) is 34.5 Å². The molecular weight excluding hydrogens is 274 g/mol. The third-order valence-corrected chi connectivity index (χ3v) is 7.83. The van der Waals surface area contributed by atoms with Crippen LogP contribution in [-0.2, 0) is 9.59 Å². The molecule has 3 fully saturated rings. The quantitative estimate of drug-likeness (QED) is 0.757. The number of fused-ring (bicyclic) bond motifs is 5. The van der Waals surface area contributed by atoms with Gasteiger partial charge in [-0.25, -0.2) is 0 Å². The average molecular weight is 301 g/mol. The zero-order valence-corrected chi connectivity index (χ0v) is 13.7. The highest BCUT2D eigenvalue weighted by Gasteiger charge is 2.59. The van der Waals surface area contributed by atoms with Crippen LogP contribution >= 0.6 is 0 Å². The van der Waals surface area contributed by atoms with E-state index in [1.54, 1.807) is 0 Å². The minimum absolute atomic E-state index is 0.150. The van der Waals surface area contributed by atoms with Crippen molar-refractivity contribution in [2.45, 2.75) is 52.4 Å². The molecule has 0 bridgehead atoms. The second kappa shape index (κ2) is 4.69. The van der Waals surface area contributed by atoms with Crippen LogP contribution in [0.5, 0.6) is 0 Å². The Morgan fingerprint density at radius 3 is 2.77 bits per heavy atom. The molecule has 4 rings (SSSR count). The van der Waals surface area contributed by atoms with Crippen LogP contribution in [0.15, 0.2) is 11.8 Å². The maximum atomic E-state index is 11.8. The highest BCUT2D eigenvalue weighted by Crippen LogP contribution is 2.63. The number of carbonyl (C=O) groups excluding carboxylic acids is 2. The van der Waals surface area contributed by atoms with Gasteiger partial charge in [-0.15, -0.1) is 0 Å². The number of hydrogen-bond donors (Lipinski definition) is 1. The molecule has 0 radical (unpaired) electrons. The summed E-state index contributed by atoms with van der Waals surface area (Å²) in [5, 5.41) is 3.61. The summed E-state index contributed by atoms with van der Waals surface area (Å²) in [6, 6.07) is 0. The average Bonchev–Trinajstić information content (AvgIpc) is 2.84. The zero-order chi connectivity index (χ0) is 15.5. The van der Waals surface area contributed by atoms with Crippen LogP contribution in [0.25, 0.3) is 0 Å². The molecule has 22 heavy (non-hydrogen) atoms. The Morgan fingerprint density at radius 1 is 1.18 bits per heavy atom. The van der Waals surface area contributed by atoms with Crippen molar-refractivity contribution < 1.29 is 9.59 Å².